The summed E-state index contributed by atoms with van der Waals surface area (Å²) in [5.41, 5.74) is 3.78. The van der Waals surface area contributed by atoms with E-state index in [0.29, 0.717) is 17.4 Å². The number of anilines is 1. The Balaban J connectivity index is 2.15. The van der Waals surface area contributed by atoms with Crippen molar-refractivity contribution < 1.29 is 9.32 Å². The molecule has 1 aromatic carbocycles. The summed E-state index contributed by atoms with van der Waals surface area (Å²) in [7, 11) is 0. The van der Waals surface area contributed by atoms with Gasteiger partial charge in [0.15, 0.2) is 0 Å². The van der Waals surface area contributed by atoms with Gasteiger partial charge >= 0.3 is 0 Å². The van der Waals surface area contributed by atoms with Crippen LogP contribution in [-0.2, 0) is 11.2 Å². The van der Waals surface area contributed by atoms with Crippen LogP contribution >= 0.6 is 0 Å². The van der Waals surface area contributed by atoms with Crippen molar-refractivity contribution in [2.75, 3.05) is 5.32 Å². The number of hydrogen-bond donors (Lipinski definition) is 1. The fourth-order valence-corrected chi connectivity index (χ4v) is 2.19. The fraction of sp³-hybridized carbons (Fsp3) is 0.375. The minimum Gasteiger partial charge on any atom is -0.361 e. The van der Waals surface area contributed by atoms with Crippen molar-refractivity contribution in [2.45, 2.75) is 40.0 Å². The number of aromatic nitrogens is 1. The molecule has 2 aromatic rings. The van der Waals surface area contributed by atoms with E-state index < -0.39 is 0 Å². The van der Waals surface area contributed by atoms with Crippen LogP contribution in [0.2, 0.25) is 0 Å². The lowest BCUT2D eigenvalue weighted by Gasteiger charge is -2.16. The molecule has 0 aliphatic rings. The van der Waals surface area contributed by atoms with Crippen molar-refractivity contribution in [3.8, 4) is 0 Å². The molecule has 4 heteroatoms. The van der Waals surface area contributed by atoms with E-state index in [1.165, 1.54) is 0 Å². The fourth-order valence-electron chi connectivity index (χ4n) is 2.19. The summed E-state index contributed by atoms with van der Waals surface area (Å²) in [5, 5.41) is 6.84. The minimum atomic E-state index is -0.0745. The molecule has 0 spiro atoms. The van der Waals surface area contributed by atoms with Crippen molar-refractivity contribution in [1.82, 2.24) is 5.16 Å². The van der Waals surface area contributed by atoms with Crippen LogP contribution in [0.3, 0.4) is 0 Å². The van der Waals surface area contributed by atoms with Crippen LogP contribution in [-0.4, -0.2) is 11.1 Å². The Hall–Kier alpha value is -2.10. The maximum absolute atomic E-state index is 12.1. The first-order chi connectivity index (χ1) is 9.47. The summed E-state index contributed by atoms with van der Waals surface area (Å²) in [6.07, 6.45) is 0.225. The third-order valence-corrected chi connectivity index (χ3v) is 3.21. The van der Waals surface area contributed by atoms with E-state index in [1.807, 2.05) is 32.0 Å². The van der Waals surface area contributed by atoms with Gasteiger partial charge in [0, 0.05) is 11.8 Å². The number of nitrogens with zero attached hydrogens (tertiary/aromatic N) is 1. The zero-order valence-electron chi connectivity index (χ0n) is 12.4. The first-order valence-electron chi connectivity index (χ1n) is 6.79. The van der Waals surface area contributed by atoms with Crippen LogP contribution in [0.15, 0.2) is 28.8 Å². The zero-order valence-corrected chi connectivity index (χ0v) is 12.4. The van der Waals surface area contributed by atoms with Crippen LogP contribution in [0.5, 0.6) is 0 Å². The molecule has 1 N–H and O–H groups in total. The molecule has 20 heavy (non-hydrogen) atoms. The van der Waals surface area contributed by atoms with Gasteiger partial charge in [0.2, 0.25) is 5.91 Å². The normalized spacial score (nSPS) is 10.8. The van der Waals surface area contributed by atoms with Crippen LogP contribution < -0.4 is 5.32 Å². The Morgan fingerprint density at radius 2 is 2.10 bits per heavy atom. The van der Waals surface area contributed by atoms with Crippen LogP contribution in [0.25, 0.3) is 0 Å². The van der Waals surface area contributed by atoms with Gasteiger partial charge in [-0.1, -0.05) is 37.2 Å². The van der Waals surface area contributed by atoms with E-state index in [1.54, 1.807) is 6.07 Å². The molecular formula is C16H20N2O2. The van der Waals surface area contributed by atoms with Crippen molar-refractivity contribution in [2.24, 2.45) is 0 Å². The second kappa shape index (κ2) is 5.90. The maximum atomic E-state index is 12.1. The Kier molecular flexibility index (Phi) is 4.23. The van der Waals surface area contributed by atoms with Crippen molar-refractivity contribution in [1.29, 1.82) is 0 Å². The highest BCUT2D eigenvalue weighted by Crippen LogP contribution is 2.27. The smallest absolute Gasteiger partial charge is 0.230 e. The standard InChI is InChI=1S/C16H20N2O2/c1-10(2)14-7-5-6-11(3)16(14)17-15(19)9-13-8-12(4)20-18-13/h5-8,10H,9H2,1-4H3,(H,17,19). The van der Waals surface area contributed by atoms with Gasteiger partial charge in [-0.2, -0.15) is 0 Å². The first kappa shape index (κ1) is 14.3. The molecule has 1 amide bonds. The third kappa shape index (κ3) is 3.26. The second-order valence-electron chi connectivity index (χ2n) is 5.35. The van der Waals surface area contributed by atoms with E-state index in [2.05, 4.69) is 24.3 Å². The molecule has 4 nitrogen and oxygen atoms in total. The van der Waals surface area contributed by atoms with E-state index in [9.17, 15) is 4.79 Å². The summed E-state index contributed by atoms with van der Waals surface area (Å²) in [6.45, 7) is 8.05. The average Bonchev–Trinajstić information content (AvgIpc) is 2.77. The van der Waals surface area contributed by atoms with Crippen LogP contribution in [0.4, 0.5) is 5.69 Å². The minimum absolute atomic E-state index is 0.0745. The van der Waals surface area contributed by atoms with Gasteiger partial charge in [-0.3, -0.25) is 4.79 Å². The third-order valence-electron chi connectivity index (χ3n) is 3.21. The van der Waals surface area contributed by atoms with E-state index in [4.69, 9.17) is 4.52 Å². The zero-order chi connectivity index (χ0) is 14.7. The van der Waals surface area contributed by atoms with Crippen molar-refractivity contribution in [3.63, 3.8) is 0 Å². The summed E-state index contributed by atoms with van der Waals surface area (Å²) in [4.78, 5) is 12.1. The lowest BCUT2D eigenvalue weighted by atomic mass is 9.98. The van der Waals surface area contributed by atoms with Gasteiger partial charge in [-0.25, -0.2) is 0 Å². The number of benzene rings is 1. The topological polar surface area (TPSA) is 55.1 Å². The number of para-hydroxylation sites is 1. The molecule has 1 heterocycles. The molecule has 1 aromatic heterocycles. The molecule has 0 saturated heterocycles. The Labute approximate surface area is 119 Å². The largest absolute Gasteiger partial charge is 0.361 e. The molecule has 0 bridgehead atoms. The lowest BCUT2D eigenvalue weighted by molar-refractivity contribution is -0.115. The maximum Gasteiger partial charge on any atom is 0.230 e. The number of carbonyl (C=O) groups is 1. The van der Waals surface area contributed by atoms with E-state index in [-0.39, 0.29) is 12.3 Å². The number of amides is 1. The van der Waals surface area contributed by atoms with Crippen LogP contribution in [0, 0.1) is 13.8 Å². The Morgan fingerprint density at radius 1 is 1.35 bits per heavy atom. The molecule has 0 aliphatic heterocycles. The van der Waals surface area contributed by atoms with Gasteiger partial charge in [0.1, 0.15) is 5.76 Å². The average molecular weight is 272 g/mol. The van der Waals surface area contributed by atoms with Crippen LogP contribution in [0.1, 0.15) is 42.3 Å². The molecule has 0 aliphatic carbocycles. The Bertz CT molecular complexity index is 615. The predicted octanol–water partition coefficient (Wildman–Crippen LogP) is 3.60. The molecule has 0 radical (unpaired) electrons. The van der Waals surface area contributed by atoms with Gasteiger partial charge in [0.25, 0.3) is 0 Å². The lowest BCUT2D eigenvalue weighted by Crippen LogP contribution is -2.17. The molecule has 0 saturated carbocycles. The van der Waals surface area contributed by atoms with Crippen molar-refractivity contribution in [3.05, 3.63) is 46.8 Å². The molecule has 2 rings (SSSR count). The van der Waals surface area contributed by atoms with Gasteiger partial charge in [-0.15, -0.1) is 0 Å². The number of hydrogen-bond acceptors (Lipinski definition) is 3. The molecular weight excluding hydrogens is 252 g/mol. The quantitative estimate of drug-likeness (QED) is 0.925. The summed E-state index contributed by atoms with van der Waals surface area (Å²) in [6, 6.07) is 7.84. The summed E-state index contributed by atoms with van der Waals surface area (Å²) < 4.78 is 4.97. The molecule has 106 valence electrons. The highest BCUT2D eigenvalue weighted by atomic mass is 16.5. The van der Waals surface area contributed by atoms with E-state index in [0.717, 1.165) is 16.8 Å². The number of aryl methyl sites for hydroxylation is 2. The first-order valence-corrected chi connectivity index (χ1v) is 6.79. The molecule has 0 fully saturated rings. The van der Waals surface area contributed by atoms with Gasteiger partial charge in [-0.05, 0) is 30.9 Å². The molecule has 0 unspecified atom stereocenters. The van der Waals surface area contributed by atoms with E-state index >= 15 is 0 Å². The number of rotatable bonds is 4. The van der Waals surface area contributed by atoms with Gasteiger partial charge in [0.05, 0.1) is 12.1 Å². The summed E-state index contributed by atoms with van der Waals surface area (Å²) >= 11 is 0. The SMILES string of the molecule is Cc1cc(CC(=O)Nc2c(C)cccc2C(C)C)no1. The second-order valence-corrected chi connectivity index (χ2v) is 5.35. The highest BCUT2D eigenvalue weighted by Gasteiger charge is 2.13. The number of carbonyl (C=O) groups excluding carboxylic acids is 1. The molecule has 0 atom stereocenters. The predicted molar refractivity (Wildman–Crippen MR) is 78.8 cm³/mol. The summed E-state index contributed by atoms with van der Waals surface area (Å²) in [5.74, 6) is 1.00. The number of nitrogens with one attached hydrogen (secondary N) is 1. The highest BCUT2D eigenvalue weighted by molar-refractivity contribution is 5.93. The van der Waals surface area contributed by atoms with Crippen molar-refractivity contribution >= 4 is 11.6 Å². The Morgan fingerprint density at radius 3 is 2.70 bits per heavy atom. The monoisotopic (exact) mass is 272 g/mol. The van der Waals surface area contributed by atoms with Gasteiger partial charge < -0.3 is 9.84 Å².